The van der Waals surface area contributed by atoms with E-state index in [2.05, 4.69) is 5.10 Å². The van der Waals surface area contributed by atoms with Crippen LogP contribution in [0.2, 0.25) is 0 Å². The summed E-state index contributed by atoms with van der Waals surface area (Å²) in [5, 5.41) is 8.20. The second-order valence-corrected chi connectivity index (χ2v) is 8.58. The van der Waals surface area contributed by atoms with Crippen molar-refractivity contribution in [2.45, 2.75) is 26.3 Å². The van der Waals surface area contributed by atoms with E-state index in [-0.39, 0.29) is 30.3 Å². The molecule has 0 saturated carbocycles. The van der Waals surface area contributed by atoms with Gasteiger partial charge in [0.1, 0.15) is 12.3 Å². The summed E-state index contributed by atoms with van der Waals surface area (Å²) in [6, 6.07) is 11.4. The zero-order valence-corrected chi connectivity index (χ0v) is 19.2. The summed E-state index contributed by atoms with van der Waals surface area (Å²) in [5.41, 5.74) is 1.75. The molecule has 0 spiro atoms. The average Bonchev–Trinajstić information content (AvgIpc) is 3.45. The lowest BCUT2D eigenvalue weighted by Gasteiger charge is -2.28. The van der Waals surface area contributed by atoms with E-state index in [0.29, 0.717) is 25.3 Å². The molecular weight excluding hydrogens is 414 g/mol. The van der Waals surface area contributed by atoms with Gasteiger partial charge in [0, 0.05) is 31.6 Å². The number of benzene rings is 1. The Morgan fingerprint density at radius 3 is 2.65 bits per heavy atom. The van der Waals surface area contributed by atoms with Crippen molar-refractivity contribution in [1.29, 1.82) is 0 Å². The van der Waals surface area contributed by atoms with Crippen LogP contribution >= 0.6 is 11.3 Å². The third kappa shape index (κ3) is 5.32. The molecule has 1 aromatic carbocycles. The fraction of sp³-hybridized carbons (Fsp3) is 0.435. The van der Waals surface area contributed by atoms with Crippen molar-refractivity contribution >= 4 is 28.9 Å². The number of amides is 2. The van der Waals surface area contributed by atoms with Crippen molar-refractivity contribution in [3.05, 3.63) is 52.2 Å². The van der Waals surface area contributed by atoms with Crippen molar-refractivity contribution in [2.75, 3.05) is 33.9 Å². The lowest BCUT2D eigenvalue weighted by atomic mass is 10.00. The summed E-state index contributed by atoms with van der Waals surface area (Å²) < 4.78 is 10.7. The Balaban J connectivity index is 1.90. The van der Waals surface area contributed by atoms with Crippen LogP contribution in [0.25, 0.3) is 0 Å². The molecule has 0 aliphatic carbocycles. The van der Waals surface area contributed by atoms with Gasteiger partial charge in [-0.25, -0.2) is 5.01 Å². The number of thiophene rings is 1. The number of hydrogen-bond donors (Lipinski definition) is 0. The Hall–Kier alpha value is -2.71. The fourth-order valence-electron chi connectivity index (χ4n) is 3.59. The van der Waals surface area contributed by atoms with Gasteiger partial charge in [-0.1, -0.05) is 38.1 Å². The molecule has 2 aromatic rings. The molecule has 2 heterocycles. The zero-order valence-electron chi connectivity index (χ0n) is 18.4. The molecule has 1 atom stereocenters. The molecule has 3 rings (SSSR count). The van der Waals surface area contributed by atoms with Crippen molar-refractivity contribution in [2.24, 2.45) is 11.0 Å². The van der Waals surface area contributed by atoms with Gasteiger partial charge in [-0.2, -0.15) is 5.10 Å². The Morgan fingerprint density at radius 1 is 1.23 bits per heavy atom. The SMILES string of the molecule is COCCN(CC(=O)N1N=C(c2cccs2)CC1c1ccccc1OC)C(=O)C(C)C. The van der Waals surface area contributed by atoms with Crippen LogP contribution < -0.4 is 4.74 Å². The lowest BCUT2D eigenvalue weighted by molar-refractivity contribution is -0.143. The van der Waals surface area contributed by atoms with Crippen molar-refractivity contribution < 1.29 is 19.1 Å². The highest BCUT2D eigenvalue weighted by Gasteiger charge is 2.36. The van der Waals surface area contributed by atoms with Crippen LogP contribution in [0.15, 0.2) is 46.9 Å². The van der Waals surface area contributed by atoms with Gasteiger partial charge in [-0.15, -0.1) is 11.3 Å². The van der Waals surface area contributed by atoms with E-state index in [1.807, 2.05) is 55.6 Å². The molecule has 0 saturated heterocycles. The van der Waals surface area contributed by atoms with Gasteiger partial charge in [0.05, 0.1) is 30.3 Å². The Kier molecular flexibility index (Phi) is 7.81. The first-order valence-corrected chi connectivity index (χ1v) is 11.2. The predicted molar refractivity (Wildman–Crippen MR) is 121 cm³/mol. The molecular formula is C23H29N3O4S. The van der Waals surface area contributed by atoms with Gasteiger partial charge in [-0.05, 0) is 17.5 Å². The summed E-state index contributed by atoms with van der Waals surface area (Å²) in [5.74, 6) is 0.189. The highest BCUT2D eigenvalue weighted by Crippen LogP contribution is 2.38. The minimum atomic E-state index is -0.292. The monoisotopic (exact) mass is 443 g/mol. The van der Waals surface area contributed by atoms with E-state index < -0.39 is 0 Å². The third-order valence-electron chi connectivity index (χ3n) is 5.17. The number of rotatable bonds is 9. The van der Waals surface area contributed by atoms with Crippen molar-refractivity contribution in [1.82, 2.24) is 9.91 Å². The number of para-hydroxylation sites is 1. The topological polar surface area (TPSA) is 71.4 Å². The maximum absolute atomic E-state index is 13.4. The van der Waals surface area contributed by atoms with Gasteiger partial charge in [0.2, 0.25) is 5.91 Å². The number of hydrazone groups is 1. The van der Waals surface area contributed by atoms with E-state index in [4.69, 9.17) is 9.47 Å². The van der Waals surface area contributed by atoms with Gasteiger partial charge in [0.25, 0.3) is 5.91 Å². The first-order chi connectivity index (χ1) is 15.0. The molecule has 0 N–H and O–H groups in total. The summed E-state index contributed by atoms with van der Waals surface area (Å²) >= 11 is 1.59. The number of nitrogens with zero attached hydrogens (tertiary/aromatic N) is 3. The number of carbonyl (C=O) groups excluding carboxylic acids is 2. The maximum Gasteiger partial charge on any atom is 0.262 e. The summed E-state index contributed by atoms with van der Waals surface area (Å²) in [4.78, 5) is 28.6. The fourth-order valence-corrected chi connectivity index (χ4v) is 4.31. The number of ether oxygens (including phenoxy) is 2. The number of methoxy groups -OCH3 is 2. The highest BCUT2D eigenvalue weighted by atomic mass is 32.1. The third-order valence-corrected chi connectivity index (χ3v) is 6.09. The van der Waals surface area contributed by atoms with Gasteiger partial charge in [-0.3, -0.25) is 9.59 Å². The molecule has 1 aliphatic rings. The largest absolute Gasteiger partial charge is 0.496 e. The number of carbonyl (C=O) groups is 2. The van der Waals surface area contributed by atoms with Crippen molar-refractivity contribution in [3.63, 3.8) is 0 Å². The maximum atomic E-state index is 13.4. The summed E-state index contributed by atoms with van der Waals surface area (Å²) in [7, 11) is 3.20. The second-order valence-electron chi connectivity index (χ2n) is 7.63. The summed E-state index contributed by atoms with van der Waals surface area (Å²) in [6.45, 7) is 4.33. The zero-order chi connectivity index (χ0) is 22.4. The lowest BCUT2D eigenvalue weighted by Crippen LogP contribution is -2.44. The molecule has 1 aromatic heterocycles. The van der Waals surface area contributed by atoms with E-state index in [1.54, 1.807) is 30.5 Å². The highest BCUT2D eigenvalue weighted by molar-refractivity contribution is 7.12. The van der Waals surface area contributed by atoms with Crippen LogP contribution in [0.4, 0.5) is 0 Å². The summed E-state index contributed by atoms with van der Waals surface area (Å²) in [6.07, 6.45) is 0.586. The smallest absolute Gasteiger partial charge is 0.262 e. The molecule has 7 nitrogen and oxygen atoms in total. The Morgan fingerprint density at radius 2 is 2.00 bits per heavy atom. The first-order valence-electron chi connectivity index (χ1n) is 10.3. The van der Waals surface area contributed by atoms with E-state index in [1.165, 1.54) is 5.01 Å². The molecule has 8 heteroatoms. The second kappa shape index (κ2) is 10.5. The molecule has 1 aliphatic heterocycles. The van der Waals surface area contributed by atoms with Gasteiger partial charge < -0.3 is 14.4 Å². The van der Waals surface area contributed by atoms with E-state index in [0.717, 1.165) is 16.2 Å². The molecule has 31 heavy (non-hydrogen) atoms. The van der Waals surface area contributed by atoms with Crippen LogP contribution in [0.5, 0.6) is 5.75 Å². The van der Waals surface area contributed by atoms with Crippen LogP contribution in [-0.2, 0) is 14.3 Å². The molecule has 2 amide bonds. The number of hydrogen-bond acceptors (Lipinski definition) is 6. The molecule has 166 valence electrons. The minimum absolute atomic E-state index is 0.0484. The van der Waals surface area contributed by atoms with E-state index >= 15 is 0 Å². The predicted octanol–water partition coefficient (Wildman–Crippen LogP) is 3.57. The Labute approximate surface area is 187 Å². The average molecular weight is 444 g/mol. The van der Waals surface area contributed by atoms with E-state index in [9.17, 15) is 9.59 Å². The van der Waals surface area contributed by atoms with Crippen LogP contribution in [0.3, 0.4) is 0 Å². The molecule has 0 bridgehead atoms. The van der Waals surface area contributed by atoms with Crippen LogP contribution in [0, 0.1) is 5.92 Å². The molecule has 1 unspecified atom stereocenters. The van der Waals surface area contributed by atoms with Crippen molar-refractivity contribution in [3.8, 4) is 5.75 Å². The minimum Gasteiger partial charge on any atom is -0.496 e. The van der Waals surface area contributed by atoms with Gasteiger partial charge in [0.15, 0.2) is 0 Å². The quantitative estimate of drug-likeness (QED) is 0.594. The Bertz CT molecular complexity index is 927. The van der Waals surface area contributed by atoms with Gasteiger partial charge >= 0.3 is 0 Å². The van der Waals surface area contributed by atoms with Crippen LogP contribution in [0.1, 0.15) is 36.8 Å². The van der Waals surface area contributed by atoms with Crippen LogP contribution in [-0.4, -0.2) is 61.4 Å². The molecule has 0 fully saturated rings. The normalized spacial score (nSPS) is 15.8. The first kappa shape index (κ1) is 23.0. The molecule has 0 radical (unpaired) electrons. The standard InChI is InChI=1S/C23H29N3O4S/c1-16(2)23(28)25(11-12-29-3)15-22(27)26-19(17-8-5-6-9-20(17)30-4)14-18(24-26)21-10-7-13-31-21/h5-10,13,16,19H,11-12,14-15H2,1-4H3.